The Morgan fingerprint density at radius 1 is 1.19 bits per heavy atom. The zero-order chi connectivity index (χ0) is 23.9. The fourth-order valence-electron chi connectivity index (χ4n) is 2.69. The van der Waals surface area contributed by atoms with Gasteiger partial charge in [0.15, 0.2) is 11.4 Å². The van der Waals surface area contributed by atoms with E-state index in [1.165, 1.54) is 25.1 Å². The van der Waals surface area contributed by atoms with Gasteiger partial charge in [0, 0.05) is 23.5 Å². The lowest BCUT2D eigenvalue weighted by Crippen LogP contribution is -2.44. The van der Waals surface area contributed by atoms with E-state index in [0.717, 1.165) is 12.1 Å². The van der Waals surface area contributed by atoms with Crippen molar-refractivity contribution in [1.82, 2.24) is 9.36 Å². The number of halogens is 6. The van der Waals surface area contributed by atoms with E-state index >= 15 is 0 Å². The van der Waals surface area contributed by atoms with Crippen molar-refractivity contribution in [2.45, 2.75) is 38.2 Å². The van der Waals surface area contributed by atoms with Crippen LogP contribution < -0.4 is 5.32 Å². The Morgan fingerprint density at radius 2 is 1.88 bits per heavy atom. The lowest BCUT2D eigenvalue weighted by molar-refractivity contribution is -0.252. The lowest BCUT2D eigenvalue weighted by Gasteiger charge is -2.24. The molecule has 0 aliphatic heterocycles. The van der Waals surface area contributed by atoms with Crippen LogP contribution in [0.3, 0.4) is 0 Å². The number of carbonyl (C=O) groups excluding carboxylic acids is 1. The van der Waals surface area contributed by atoms with E-state index in [1.807, 2.05) is 0 Å². The number of aromatic nitrogens is 2. The van der Waals surface area contributed by atoms with Gasteiger partial charge in [0.2, 0.25) is 5.13 Å². The molecule has 1 amide bonds. The minimum Gasteiger partial charge on any atom is -0.456 e. The number of aliphatic hydroxyl groups is 1. The molecular weight excluding hydrogens is 464 g/mol. The van der Waals surface area contributed by atoms with Gasteiger partial charge < -0.3 is 9.52 Å². The molecular formula is C19H15F6N3O3S. The fraction of sp³-hybridized carbons (Fsp3) is 0.316. The van der Waals surface area contributed by atoms with Crippen molar-refractivity contribution in [3.63, 3.8) is 0 Å². The zero-order valence-electron chi connectivity index (χ0n) is 16.4. The van der Waals surface area contributed by atoms with Crippen LogP contribution in [0.25, 0.3) is 11.1 Å². The maximum Gasteiger partial charge on any atom is 0.417 e. The maximum atomic E-state index is 13.0. The molecule has 1 unspecified atom stereocenters. The Morgan fingerprint density at radius 3 is 2.50 bits per heavy atom. The first-order chi connectivity index (χ1) is 14.7. The van der Waals surface area contributed by atoms with Crippen molar-refractivity contribution in [3.8, 4) is 11.1 Å². The fourth-order valence-corrected chi connectivity index (χ4v) is 3.27. The summed E-state index contributed by atoms with van der Waals surface area (Å²) in [6.45, 7) is 2.04. The van der Waals surface area contributed by atoms with Gasteiger partial charge in [-0.1, -0.05) is 12.1 Å². The summed E-state index contributed by atoms with van der Waals surface area (Å²) in [6, 6.07) is 5.73. The highest BCUT2D eigenvalue weighted by Crippen LogP contribution is 2.35. The summed E-state index contributed by atoms with van der Waals surface area (Å²) in [6.07, 6.45) is -10.4. The number of hydrogen-bond acceptors (Lipinski definition) is 6. The molecule has 32 heavy (non-hydrogen) atoms. The number of aryl methyl sites for hydroxylation is 1. The van der Waals surface area contributed by atoms with Crippen LogP contribution in [0.15, 0.2) is 34.7 Å². The monoisotopic (exact) mass is 479 g/mol. The Balaban J connectivity index is 1.76. The highest BCUT2D eigenvalue weighted by molar-refractivity contribution is 7.09. The predicted octanol–water partition coefficient (Wildman–Crippen LogP) is 5.23. The minimum absolute atomic E-state index is 0.141. The average molecular weight is 479 g/mol. The Labute approximate surface area is 181 Å². The number of amides is 1. The maximum absolute atomic E-state index is 13.0. The third kappa shape index (κ3) is 5.10. The summed E-state index contributed by atoms with van der Waals surface area (Å²) in [7, 11) is 0. The molecule has 2 aromatic heterocycles. The zero-order valence-corrected chi connectivity index (χ0v) is 17.2. The molecule has 1 aromatic carbocycles. The van der Waals surface area contributed by atoms with E-state index in [9.17, 15) is 36.2 Å². The number of rotatable bonds is 5. The molecule has 2 heterocycles. The molecule has 0 saturated carbocycles. The number of hydrogen-bond donors (Lipinski definition) is 2. The van der Waals surface area contributed by atoms with E-state index < -0.39 is 35.8 Å². The number of nitrogens with zero attached hydrogens (tertiary/aromatic N) is 2. The number of alkyl halides is 6. The van der Waals surface area contributed by atoms with Crippen LogP contribution >= 0.6 is 11.5 Å². The second kappa shape index (κ2) is 8.20. The van der Waals surface area contributed by atoms with Crippen molar-refractivity contribution < 1.29 is 40.7 Å². The normalized spacial score (nSPS) is 14.3. The SMILES string of the molecule is Cc1oc(C(=O)Nc2nc(CC(C)(O)C(F)(F)F)ns2)cc1-c1cccc(C(F)(F)F)c1. The van der Waals surface area contributed by atoms with Gasteiger partial charge in [-0.25, -0.2) is 4.98 Å². The molecule has 6 nitrogen and oxygen atoms in total. The van der Waals surface area contributed by atoms with Crippen LogP contribution in [-0.2, 0) is 12.6 Å². The molecule has 0 spiro atoms. The summed E-state index contributed by atoms with van der Waals surface area (Å²) in [5, 5.41) is 11.7. The van der Waals surface area contributed by atoms with Crippen LogP contribution in [-0.4, -0.2) is 32.1 Å². The van der Waals surface area contributed by atoms with Crippen molar-refractivity contribution in [2.75, 3.05) is 5.32 Å². The van der Waals surface area contributed by atoms with Crippen LogP contribution in [0.2, 0.25) is 0 Å². The molecule has 2 N–H and O–H groups in total. The molecule has 0 saturated heterocycles. The van der Waals surface area contributed by atoms with E-state index in [4.69, 9.17) is 4.42 Å². The van der Waals surface area contributed by atoms with Gasteiger partial charge in [-0.05, 0) is 37.6 Å². The summed E-state index contributed by atoms with van der Waals surface area (Å²) in [4.78, 5) is 16.2. The molecule has 0 aliphatic carbocycles. The third-order valence-corrected chi connectivity index (χ3v) is 5.11. The highest BCUT2D eigenvalue weighted by atomic mass is 32.1. The van der Waals surface area contributed by atoms with Gasteiger partial charge in [-0.15, -0.1) is 0 Å². The van der Waals surface area contributed by atoms with Crippen molar-refractivity contribution in [2.24, 2.45) is 0 Å². The van der Waals surface area contributed by atoms with Gasteiger partial charge in [-0.3, -0.25) is 10.1 Å². The van der Waals surface area contributed by atoms with E-state index in [0.29, 0.717) is 18.5 Å². The first-order valence-corrected chi connectivity index (χ1v) is 9.66. The van der Waals surface area contributed by atoms with Crippen molar-refractivity contribution in [1.29, 1.82) is 0 Å². The van der Waals surface area contributed by atoms with Gasteiger partial charge >= 0.3 is 12.4 Å². The molecule has 0 radical (unpaired) electrons. The summed E-state index contributed by atoms with van der Waals surface area (Å²) in [5.74, 6) is -1.20. The van der Waals surface area contributed by atoms with Crippen LogP contribution in [0, 0.1) is 6.92 Å². The topological polar surface area (TPSA) is 88.2 Å². The predicted molar refractivity (Wildman–Crippen MR) is 102 cm³/mol. The standard InChI is InChI=1S/C19H15F6N3O3S/c1-9-12(10-4-3-5-11(6-10)18(20,21)22)7-13(31-9)15(29)27-16-26-14(28-32-16)8-17(2,30)19(23,24)25/h3-7,30H,8H2,1-2H3,(H,26,27,28,29). The Bertz CT molecular complexity index is 1130. The Kier molecular flexibility index (Phi) is 6.08. The first kappa shape index (κ1) is 23.7. The molecule has 3 aromatic rings. The van der Waals surface area contributed by atoms with Crippen LogP contribution in [0.5, 0.6) is 0 Å². The van der Waals surface area contributed by atoms with Gasteiger partial charge in [0.1, 0.15) is 11.6 Å². The van der Waals surface area contributed by atoms with E-state index in [2.05, 4.69) is 14.7 Å². The molecule has 0 bridgehead atoms. The number of furan rings is 1. The molecule has 13 heteroatoms. The summed E-state index contributed by atoms with van der Waals surface area (Å²) >= 11 is 0.598. The van der Waals surface area contributed by atoms with E-state index in [-0.39, 0.29) is 33.6 Å². The number of anilines is 1. The summed E-state index contributed by atoms with van der Waals surface area (Å²) < 4.78 is 86.2. The second-order valence-electron chi connectivity index (χ2n) is 7.08. The molecule has 1 atom stereocenters. The number of carbonyl (C=O) groups is 1. The van der Waals surface area contributed by atoms with E-state index in [1.54, 1.807) is 0 Å². The van der Waals surface area contributed by atoms with Gasteiger partial charge in [-0.2, -0.15) is 30.7 Å². The van der Waals surface area contributed by atoms with Crippen molar-refractivity contribution >= 4 is 22.6 Å². The number of benzene rings is 1. The third-order valence-electron chi connectivity index (χ3n) is 4.44. The molecule has 3 rings (SSSR count). The van der Waals surface area contributed by atoms with Crippen molar-refractivity contribution in [3.05, 3.63) is 53.2 Å². The van der Waals surface area contributed by atoms with Crippen LogP contribution in [0.4, 0.5) is 31.5 Å². The average Bonchev–Trinajstić information content (AvgIpc) is 3.26. The highest BCUT2D eigenvalue weighted by Gasteiger charge is 2.50. The minimum atomic E-state index is -4.90. The number of nitrogens with one attached hydrogen (secondary N) is 1. The first-order valence-electron chi connectivity index (χ1n) is 8.88. The molecule has 0 fully saturated rings. The second-order valence-corrected chi connectivity index (χ2v) is 7.83. The smallest absolute Gasteiger partial charge is 0.417 e. The quantitative estimate of drug-likeness (QED) is 0.489. The molecule has 172 valence electrons. The largest absolute Gasteiger partial charge is 0.456 e. The summed E-state index contributed by atoms with van der Waals surface area (Å²) in [5.41, 5.74) is -3.46. The van der Waals surface area contributed by atoms with Crippen LogP contribution in [0.1, 0.15) is 34.6 Å². The van der Waals surface area contributed by atoms with Gasteiger partial charge in [0.05, 0.1) is 5.56 Å². The molecule has 0 aliphatic rings. The van der Waals surface area contributed by atoms with Gasteiger partial charge in [0.25, 0.3) is 5.91 Å². The lowest BCUT2D eigenvalue weighted by atomic mass is 10.0. The Hall–Kier alpha value is -2.93.